The highest BCUT2D eigenvalue weighted by molar-refractivity contribution is 14.0. The molecule has 0 aromatic carbocycles. The van der Waals surface area contributed by atoms with Crippen molar-refractivity contribution in [3.8, 4) is 0 Å². The molecule has 2 nitrogen and oxygen atoms in total. The minimum absolute atomic E-state index is 0. The lowest BCUT2D eigenvalue weighted by Crippen LogP contribution is -1.44. The smallest absolute Gasteiger partial charge is 0.0919 e. The zero-order valence-corrected chi connectivity index (χ0v) is 8.12. The third-order valence-electron chi connectivity index (χ3n) is 0.406. The van der Waals surface area contributed by atoms with Crippen LogP contribution in [0.3, 0.4) is 0 Å². The summed E-state index contributed by atoms with van der Waals surface area (Å²) in [4.78, 5) is 6.42. The van der Waals surface area contributed by atoms with Gasteiger partial charge in [-0.2, -0.15) is 0 Å². The Kier molecular flexibility index (Phi) is 14.1. The van der Waals surface area contributed by atoms with Crippen molar-refractivity contribution in [2.45, 2.75) is 20.3 Å². The molecule has 0 bridgehead atoms. The quantitative estimate of drug-likeness (QED) is 0.693. The van der Waals surface area contributed by atoms with Gasteiger partial charge in [0, 0.05) is 12.4 Å². The Morgan fingerprint density at radius 1 is 1.44 bits per heavy atom. The van der Waals surface area contributed by atoms with Gasteiger partial charge in [-0.05, 0) is 0 Å². The Balaban J connectivity index is 0. The Morgan fingerprint density at radius 2 is 2.00 bits per heavy atom. The summed E-state index contributed by atoms with van der Waals surface area (Å²) in [6.45, 7) is 4.25. The molecule has 0 unspecified atom stereocenters. The molecule has 1 heterocycles. The maximum Gasteiger partial charge on any atom is 0.0919 e. The molecule has 0 aliphatic heterocycles. The van der Waals surface area contributed by atoms with E-state index in [-0.39, 0.29) is 24.0 Å². The molecule has 0 atom stereocenters. The Bertz CT molecular complexity index is 78.0. The van der Waals surface area contributed by atoms with Crippen LogP contribution in [0.5, 0.6) is 0 Å². The molecule has 0 amide bonds. The van der Waals surface area contributed by atoms with Gasteiger partial charge in [-0.15, -0.1) is 24.0 Å². The fourth-order valence-electron chi connectivity index (χ4n) is 0.215. The number of imidazole rings is 1. The van der Waals surface area contributed by atoms with Gasteiger partial charge in [-0.1, -0.05) is 20.3 Å². The monoisotopic (exact) mass is 240 g/mol. The van der Waals surface area contributed by atoms with Gasteiger partial charge in [0.15, 0.2) is 0 Å². The van der Waals surface area contributed by atoms with Gasteiger partial charge in [0.25, 0.3) is 0 Å². The van der Waals surface area contributed by atoms with Crippen molar-refractivity contribution in [2.75, 3.05) is 0 Å². The van der Waals surface area contributed by atoms with Crippen molar-refractivity contribution >= 4 is 24.0 Å². The zero-order chi connectivity index (χ0) is 6.24. The predicted octanol–water partition coefficient (Wildman–Crippen LogP) is 2.44. The number of hydrogen-bond donors (Lipinski definition) is 1. The van der Waals surface area contributed by atoms with Crippen molar-refractivity contribution in [1.82, 2.24) is 9.97 Å². The van der Waals surface area contributed by atoms with E-state index in [9.17, 15) is 0 Å². The number of halogens is 1. The third-order valence-corrected chi connectivity index (χ3v) is 0.406. The molecule has 0 saturated heterocycles. The second-order valence-electron chi connectivity index (χ2n) is 1.47. The van der Waals surface area contributed by atoms with Crippen LogP contribution in [0.2, 0.25) is 0 Å². The minimum atomic E-state index is 0. The van der Waals surface area contributed by atoms with E-state index in [1.54, 1.807) is 18.7 Å². The summed E-state index contributed by atoms with van der Waals surface area (Å²) in [6.07, 6.45) is 6.33. The lowest BCUT2D eigenvalue weighted by atomic mass is 10.6. The molecule has 9 heavy (non-hydrogen) atoms. The van der Waals surface area contributed by atoms with Crippen LogP contribution in [-0.2, 0) is 0 Å². The van der Waals surface area contributed by atoms with Gasteiger partial charge in [0.05, 0.1) is 6.33 Å². The van der Waals surface area contributed by atoms with E-state index in [2.05, 4.69) is 23.8 Å². The molecule has 54 valence electrons. The fourth-order valence-corrected chi connectivity index (χ4v) is 0.215. The topological polar surface area (TPSA) is 28.7 Å². The highest BCUT2D eigenvalue weighted by Crippen LogP contribution is 1.62. The third kappa shape index (κ3) is 11.5. The highest BCUT2D eigenvalue weighted by Gasteiger charge is 1.56. The molecule has 0 radical (unpaired) electrons. The first-order chi connectivity index (χ1) is 3.91. The number of H-pyrrole nitrogens is 1. The fraction of sp³-hybridized carbons (Fsp3) is 0.500. The van der Waals surface area contributed by atoms with Gasteiger partial charge in [0.1, 0.15) is 0 Å². The van der Waals surface area contributed by atoms with Crippen molar-refractivity contribution in [3.05, 3.63) is 18.7 Å². The van der Waals surface area contributed by atoms with Crippen LogP contribution in [0, 0.1) is 0 Å². The molecule has 1 aromatic rings. The van der Waals surface area contributed by atoms with E-state index < -0.39 is 0 Å². The van der Waals surface area contributed by atoms with Gasteiger partial charge < -0.3 is 4.98 Å². The number of aromatic nitrogens is 2. The molecule has 3 heteroatoms. The summed E-state index contributed by atoms with van der Waals surface area (Å²) in [7, 11) is 0. The van der Waals surface area contributed by atoms with Crippen LogP contribution < -0.4 is 0 Å². The lowest BCUT2D eigenvalue weighted by Gasteiger charge is -1.48. The zero-order valence-electron chi connectivity index (χ0n) is 5.79. The molecule has 0 aliphatic rings. The molecule has 0 aliphatic carbocycles. The van der Waals surface area contributed by atoms with E-state index in [1.165, 1.54) is 6.42 Å². The Hall–Kier alpha value is -0.0600. The van der Waals surface area contributed by atoms with E-state index in [0.29, 0.717) is 0 Å². The molecule has 0 spiro atoms. The van der Waals surface area contributed by atoms with Crippen molar-refractivity contribution < 1.29 is 0 Å². The van der Waals surface area contributed by atoms with Crippen LogP contribution in [0.25, 0.3) is 0 Å². The SMILES string of the molecule is CCC.I.c1c[nH]cn1. The molecule has 1 aromatic heterocycles. The lowest BCUT2D eigenvalue weighted by molar-refractivity contribution is 1.09. The normalized spacial score (nSPS) is 6.44. The molecular formula is C6H13IN2. The van der Waals surface area contributed by atoms with Gasteiger partial charge >= 0.3 is 0 Å². The minimum Gasteiger partial charge on any atom is -0.351 e. The van der Waals surface area contributed by atoms with Crippen LogP contribution >= 0.6 is 24.0 Å². The van der Waals surface area contributed by atoms with Crippen LogP contribution in [-0.4, -0.2) is 9.97 Å². The number of nitrogens with one attached hydrogen (secondary N) is 1. The summed E-state index contributed by atoms with van der Waals surface area (Å²) in [5.74, 6) is 0. The number of hydrogen-bond acceptors (Lipinski definition) is 1. The molecule has 0 fully saturated rings. The van der Waals surface area contributed by atoms with E-state index >= 15 is 0 Å². The standard InChI is InChI=1S/C3H4N2.C3H8.HI/c1-2-5-3-4-1;1-3-2;/h1-3H,(H,4,5);3H2,1-2H3;1H. The molecule has 1 rings (SSSR count). The molecule has 0 saturated carbocycles. The van der Waals surface area contributed by atoms with E-state index in [4.69, 9.17) is 0 Å². The average molecular weight is 240 g/mol. The first-order valence-electron chi connectivity index (χ1n) is 2.84. The average Bonchev–Trinajstić information content (AvgIpc) is 2.17. The highest BCUT2D eigenvalue weighted by atomic mass is 127. The van der Waals surface area contributed by atoms with Crippen molar-refractivity contribution in [2.24, 2.45) is 0 Å². The summed E-state index contributed by atoms with van der Waals surface area (Å²) < 4.78 is 0. The van der Waals surface area contributed by atoms with E-state index in [1.807, 2.05) is 0 Å². The van der Waals surface area contributed by atoms with Gasteiger partial charge in [0.2, 0.25) is 0 Å². The Labute approximate surface area is 73.1 Å². The maximum absolute atomic E-state index is 3.67. The van der Waals surface area contributed by atoms with Crippen LogP contribution in [0.15, 0.2) is 18.7 Å². The predicted molar refractivity (Wildman–Crippen MR) is 50.0 cm³/mol. The Morgan fingerprint density at radius 3 is 2.11 bits per heavy atom. The van der Waals surface area contributed by atoms with E-state index in [0.717, 1.165) is 0 Å². The summed E-state index contributed by atoms with van der Waals surface area (Å²) in [6, 6.07) is 0. The molecular weight excluding hydrogens is 227 g/mol. The summed E-state index contributed by atoms with van der Waals surface area (Å²) >= 11 is 0. The first kappa shape index (κ1) is 11.7. The van der Waals surface area contributed by atoms with Crippen molar-refractivity contribution in [3.63, 3.8) is 0 Å². The second kappa shape index (κ2) is 10.8. The number of aromatic amines is 1. The first-order valence-corrected chi connectivity index (χ1v) is 2.84. The maximum atomic E-state index is 3.67. The number of nitrogens with zero attached hydrogens (tertiary/aromatic N) is 1. The molecule has 1 N–H and O–H groups in total. The largest absolute Gasteiger partial charge is 0.351 e. The van der Waals surface area contributed by atoms with Crippen LogP contribution in [0.1, 0.15) is 20.3 Å². The van der Waals surface area contributed by atoms with Crippen molar-refractivity contribution in [1.29, 1.82) is 0 Å². The van der Waals surface area contributed by atoms with Gasteiger partial charge in [-0.3, -0.25) is 0 Å². The van der Waals surface area contributed by atoms with Gasteiger partial charge in [-0.25, -0.2) is 4.98 Å². The summed E-state index contributed by atoms with van der Waals surface area (Å²) in [5, 5.41) is 0. The summed E-state index contributed by atoms with van der Waals surface area (Å²) in [5.41, 5.74) is 0. The second-order valence-corrected chi connectivity index (χ2v) is 1.47. The van der Waals surface area contributed by atoms with Crippen LogP contribution in [0.4, 0.5) is 0 Å². The number of rotatable bonds is 0.